The molecule has 0 bridgehead atoms. The lowest BCUT2D eigenvalue weighted by atomic mass is 10.0. The first-order valence-electron chi connectivity index (χ1n) is 9.72. The number of aromatic nitrogens is 4. The second kappa shape index (κ2) is 7.11. The maximum atomic E-state index is 6.34. The van der Waals surface area contributed by atoms with E-state index in [2.05, 4.69) is 49.5 Å². The molecular weight excluding hydrogens is 376 g/mol. The Morgan fingerprint density at radius 1 is 1.00 bits per heavy atom. The standard InChI is InChI=1S/C23H22N6O/c1-13-18(10-14-3-4-19-15(9-14)5-7-25-19)22(24)29-23(27-13)28-21-12-16(30-2)11-20-17(21)6-8-26-20/h3-9,11-12,25-26H,10H2,1-2H3,(H3,24,27,28,29). The molecule has 7 nitrogen and oxygen atoms in total. The van der Waals surface area contributed by atoms with Gasteiger partial charge in [-0.3, -0.25) is 0 Å². The molecule has 5 aromatic rings. The van der Waals surface area contributed by atoms with Crippen molar-refractivity contribution in [3.63, 3.8) is 0 Å². The van der Waals surface area contributed by atoms with Crippen LogP contribution in [0.4, 0.5) is 17.5 Å². The first-order chi connectivity index (χ1) is 14.6. The highest BCUT2D eigenvalue weighted by molar-refractivity contribution is 5.94. The predicted molar refractivity (Wildman–Crippen MR) is 120 cm³/mol. The van der Waals surface area contributed by atoms with E-state index in [1.165, 1.54) is 10.9 Å². The van der Waals surface area contributed by atoms with E-state index in [4.69, 9.17) is 10.5 Å². The van der Waals surface area contributed by atoms with E-state index in [0.29, 0.717) is 18.2 Å². The van der Waals surface area contributed by atoms with Crippen molar-refractivity contribution in [1.29, 1.82) is 0 Å². The largest absolute Gasteiger partial charge is 0.497 e. The Morgan fingerprint density at radius 2 is 1.83 bits per heavy atom. The Labute approximate surface area is 173 Å². The van der Waals surface area contributed by atoms with Crippen LogP contribution in [-0.2, 0) is 6.42 Å². The van der Waals surface area contributed by atoms with Crippen LogP contribution >= 0.6 is 0 Å². The molecule has 0 saturated heterocycles. The number of anilines is 3. The maximum absolute atomic E-state index is 6.34. The van der Waals surface area contributed by atoms with Gasteiger partial charge in [0.15, 0.2) is 0 Å². The molecule has 0 atom stereocenters. The van der Waals surface area contributed by atoms with Gasteiger partial charge in [-0.1, -0.05) is 6.07 Å². The smallest absolute Gasteiger partial charge is 0.229 e. The van der Waals surface area contributed by atoms with Crippen molar-refractivity contribution in [3.05, 3.63) is 71.7 Å². The summed E-state index contributed by atoms with van der Waals surface area (Å²) in [6.07, 6.45) is 4.51. The molecule has 0 spiro atoms. The zero-order chi connectivity index (χ0) is 20.7. The monoisotopic (exact) mass is 398 g/mol. The minimum atomic E-state index is 0.464. The lowest BCUT2D eigenvalue weighted by Crippen LogP contribution is -2.08. The van der Waals surface area contributed by atoms with Gasteiger partial charge in [0, 0.05) is 53.1 Å². The normalized spacial score (nSPS) is 11.3. The van der Waals surface area contributed by atoms with Crippen LogP contribution in [-0.4, -0.2) is 27.0 Å². The van der Waals surface area contributed by atoms with Gasteiger partial charge in [0.25, 0.3) is 0 Å². The fraction of sp³-hybridized carbons (Fsp3) is 0.130. The lowest BCUT2D eigenvalue weighted by molar-refractivity contribution is 0.415. The van der Waals surface area contributed by atoms with Crippen LogP contribution in [0, 0.1) is 6.92 Å². The number of nitrogens with zero attached hydrogens (tertiary/aromatic N) is 2. The van der Waals surface area contributed by atoms with E-state index < -0.39 is 0 Å². The molecule has 0 aliphatic carbocycles. The second-order valence-electron chi connectivity index (χ2n) is 7.31. The van der Waals surface area contributed by atoms with Crippen molar-refractivity contribution in [2.45, 2.75) is 13.3 Å². The molecule has 150 valence electrons. The Bertz CT molecular complexity index is 1340. The molecule has 2 aromatic carbocycles. The van der Waals surface area contributed by atoms with Gasteiger partial charge in [0.05, 0.1) is 18.3 Å². The molecule has 5 rings (SSSR count). The Kier molecular flexibility index (Phi) is 4.28. The van der Waals surface area contributed by atoms with Gasteiger partial charge in [-0.25, -0.2) is 4.98 Å². The third kappa shape index (κ3) is 3.20. The fourth-order valence-electron chi connectivity index (χ4n) is 3.79. The van der Waals surface area contributed by atoms with Gasteiger partial charge in [0.1, 0.15) is 11.6 Å². The molecule has 3 aromatic heterocycles. The summed E-state index contributed by atoms with van der Waals surface area (Å²) in [6.45, 7) is 1.96. The number of nitrogens with two attached hydrogens (primary N) is 1. The van der Waals surface area contributed by atoms with Crippen LogP contribution in [0.25, 0.3) is 21.8 Å². The number of ether oxygens (including phenoxy) is 1. The lowest BCUT2D eigenvalue weighted by Gasteiger charge is -2.13. The average molecular weight is 398 g/mol. The van der Waals surface area contributed by atoms with Crippen molar-refractivity contribution < 1.29 is 4.74 Å². The number of nitrogens with one attached hydrogen (secondary N) is 3. The molecule has 30 heavy (non-hydrogen) atoms. The number of hydrogen-bond donors (Lipinski definition) is 4. The molecular formula is C23H22N6O. The van der Waals surface area contributed by atoms with Crippen LogP contribution in [0.15, 0.2) is 54.9 Å². The molecule has 0 aliphatic heterocycles. The third-order valence-corrected chi connectivity index (χ3v) is 5.37. The number of aromatic amines is 2. The predicted octanol–water partition coefficient (Wildman–Crippen LogP) is 4.67. The molecule has 0 fully saturated rings. The molecule has 0 radical (unpaired) electrons. The van der Waals surface area contributed by atoms with Crippen molar-refractivity contribution in [3.8, 4) is 5.75 Å². The first kappa shape index (κ1) is 18.1. The average Bonchev–Trinajstić information content (AvgIpc) is 3.39. The molecule has 0 saturated carbocycles. The molecule has 7 heteroatoms. The summed E-state index contributed by atoms with van der Waals surface area (Å²) in [6, 6.07) is 14.3. The number of aryl methyl sites for hydroxylation is 1. The Morgan fingerprint density at radius 3 is 2.67 bits per heavy atom. The van der Waals surface area contributed by atoms with Crippen LogP contribution in [0.2, 0.25) is 0 Å². The summed E-state index contributed by atoms with van der Waals surface area (Å²) < 4.78 is 5.40. The summed E-state index contributed by atoms with van der Waals surface area (Å²) >= 11 is 0. The number of rotatable bonds is 5. The summed E-state index contributed by atoms with van der Waals surface area (Å²) in [5.41, 5.74) is 12.2. The van der Waals surface area contributed by atoms with E-state index in [1.54, 1.807) is 7.11 Å². The van der Waals surface area contributed by atoms with Crippen molar-refractivity contribution >= 4 is 39.3 Å². The van der Waals surface area contributed by atoms with E-state index in [9.17, 15) is 0 Å². The number of hydrogen-bond acceptors (Lipinski definition) is 5. The van der Waals surface area contributed by atoms with Crippen LogP contribution in [0.5, 0.6) is 5.75 Å². The van der Waals surface area contributed by atoms with Gasteiger partial charge < -0.3 is 25.8 Å². The second-order valence-corrected chi connectivity index (χ2v) is 7.31. The van der Waals surface area contributed by atoms with Gasteiger partial charge in [-0.15, -0.1) is 0 Å². The number of benzene rings is 2. The van der Waals surface area contributed by atoms with Gasteiger partial charge >= 0.3 is 0 Å². The molecule has 3 heterocycles. The van der Waals surface area contributed by atoms with Crippen molar-refractivity contribution in [2.75, 3.05) is 18.2 Å². The topological polar surface area (TPSA) is 105 Å². The zero-order valence-corrected chi connectivity index (χ0v) is 16.8. The fourth-order valence-corrected chi connectivity index (χ4v) is 3.79. The van der Waals surface area contributed by atoms with E-state index in [1.807, 2.05) is 37.5 Å². The highest BCUT2D eigenvalue weighted by Gasteiger charge is 2.13. The Hall–Kier alpha value is -4.00. The highest BCUT2D eigenvalue weighted by Crippen LogP contribution is 2.31. The van der Waals surface area contributed by atoms with Crippen molar-refractivity contribution in [1.82, 2.24) is 19.9 Å². The molecule has 5 N–H and O–H groups in total. The van der Waals surface area contributed by atoms with Crippen LogP contribution in [0.1, 0.15) is 16.8 Å². The van der Waals surface area contributed by atoms with E-state index in [0.717, 1.165) is 39.1 Å². The molecule has 0 unspecified atom stereocenters. The quantitative estimate of drug-likeness (QED) is 0.344. The van der Waals surface area contributed by atoms with Gasteiger partial charge in [0.2, 0.25) is 5.95 Å². The van der Waals surface area contributed by atoms with E-state index in [-0.39, 0.29) is 0 Å². The minimum absolute atomic E-state index is 0.464. The SMILES string of the molecule is COc1cc(Nc2nc(C)c(Cc3ccc4[nH]ccc4c3)c(N)n2)c2cc[nH]c2c1. The van der Waals surface area contributed by atoms with Crippen molar-refractivity contribution in [2.24, 2.45) is 0 Å². The van der Waals surface area contributed by atoms with Gasteiger partial charge in [-0.2, -0.15) is 4.98 Å². The van der Waals surface area contributed by atoms with Crippen LogP contribution < -0.4 is 15.8 Å². The zero-order valence-electron chi connectivity index (χ0n) is 16.8. The van der Waals surface area contributed by atoms with E-state index >= 15 is 0 Å². The first-order valence-corrected chi connectivity index (χ1v) is 9.72. The summed E-state index contributed by atoms with van der Waals surface area (Å²) in [5, 5.41) is 5.50. The number of nitrogen functional groups attached to an aromatic ring is 1. The maximum Gasteiger partial charge on any atom is 0.229 e. The summed E-state index contributed by atoms with van der Waals surface area (Å²) in [5.74, 6) is 1.69. The van der Waals surface area contributed by atoms with Crippen LogP contribution in [0.3, 0.4) is 0 Å². The summed E-state index contributed by atoms with van der Waals surface area (Å²) in [4.78, 5) is 15.6. The highest BCUT2D eigenvalue weighted by atomic mass is 16.5. The molecule has 0 amide bonds. The molecule has 0 aliphatic rings. The third-order valence-electron chi connectivity index (χ3n) is 5.37. The number of methoxy groups -OCH3 is 1. The number of fused-ring (bicyclic) bond motifs is 2. The Balaban J connectivity index is 1.46. The summed E-state index contributed by atoms with van der Waals surface area (Å²) in [7, 11) is 1.64. The van der Waals surface area contributed by atoms with Gasteiger partial charge in [-0.05, 0) is 42.1 Å². The minimum Gasteiger partial charge on any atom is -0.497 e. The number of H-pyrrole nitrogens is 2.